The topological polar surface area (TPSA) is 54.0 Å². The minimum absolute atomic E-state index is 0.00193. The summed E-state index contributed by atoms with van der Waals surface area (Å²) < 4.78 is 0. The zero-order valence-corrected chi connectivity index (χ0v) is 13.6. The highest BCUT2D eigenvalue weighted by Gasteiger charge is 2.21. The van der Waals surface area contributed by atoms with E-state index < -0.39 is 0 Å². The Morgan fingerprint density at radius 1 is 1.41 bits per heavy atom. The summed E-state index contributed by atoms with van der Waals surface area (Å²) in [7, 11) is 0. The smallest absolute Gasteiger partial charge is 0.237 e. The zero-order valence-electron chi connectivity index (χ0n) is 12.8. The fraction of sp³-hybridized carbons (Fsp3) is 0.412. The van der Waals surface area contributed by atoms with Crippen LogP contribution < -0.4 is 10.6 Å². The van der Waals surface area contributed by atoms with Crippen molar-refractivity contribution in [2.75, 3.05) is 13.1 Å². The molecule has 1 aliphatic rings. The van der Waals surface area contributed by atoms with Gasteiger partial charge in [0.25, 0.3) is 0 Å². The van der Waals surface area contributed by atoms with Crippen LogP contribution in [-0.2, 0) is 11.2 Å². The van der Waals surface area contributed by atoms with E-state index in [9.17, 15) is 4.79 Å². The molecule has 3 rings (SSSR count). The highest BCUT2D eigenvalue weighted by atomic mass is 32.1. The highest BCUT2D eigenvalue weighted by molar-refractivity contribution is 7.12. The van der Waals surface area contributed by atoms with Gasteiger partial charge >= 0.3 is 0 Å². The van der Waals surface area contributed by atoms with Gasteiger partial charge in [-0.2, -0.15) is 0 Å². The molecule has 0 unspecified atom stereocenters. The van der Waals surface area contributed by atoms with Gasteiger partial charge in [0.15, 0.2) is 0 Å². The molecular formula is C17H21N3OS. The molecule has 1 atom stereocenters. The molecule has 22 heavy (non-hydrogen) atoms. The lowest BCUT2D eigenvalue weighted by atomic mass is 10.1. The van der Waals surface area contributed by atoms with Crippen molar-refractivity contribution in [3.63, 3.8) is 0 Å². The van der Waals surface area contributed by atoms with E-state index in [-0.39, 0.29) is 11.9 Å². The number of aromatic nitrogens is 1. The lowest BCUT2D eigenvalue weighted by Crippen LogP contribution is -2.41. The minimum Gasteiger partial charge on any atom is -0.354 e. The number of hydrogen-bond donors (Lipinski definition) is 2. The second-order valence-electron chi connectivity index (χ2n) is 5.57. The van der Waals surface area contributed by atoms with E-state index in [1.807, 2.05) is 18.2 Å². The molecule has 0 saturated carbocycles. The number of aryl methyl sites for hydroxylation is 1. The average molecular weight is 315 g/mol. The number of carbonyl (C=O) groups is 1. The molecule has 1 fully saturated rings. The number of benzene rings is 1. The van der Waals surface area contributed by atoms with E-state index in [1.165, 1.54) is 4.88 Å². The second-order valence-corrected chi connectivity index (χ2v) is 6.86. The molecule has 1 aromatic carbocycles. The van der Waals surface area contributed by atoms with Crippen LogP contribution in [0.3, 0.4) is 0 Å². The van der Waals surface area contributed by atoms with Crippen molar-refractivity contribution in [3.8, 4) is 11.3 Å². The van der Waals surface area contributed by atoms with Crippen LogP contribution in [-0.4, -0.2) is 30.0 Å². The van der Waals surface area contributed by atoms with Crippen molar-refractivity contribution in [2.45, 2.75) is 32.2 Å². The number of hydrogen-bond acceptors (Lipinski definition) is 4. The van der Waals surface area contributed by atoms with E-state index in [0.29, 0.717) is 6.54 Å². The summed E-state index contributed by atoms with van der Waals surface area (Å²) in [5.41, 5.74) is 2.21. The Labute approximate surface area is 135 Å². The zero-order chi connectivity index (χ0) is 15.4. The van der Waals surface area contributed by atoms with Gasteiger partial charge < -0.3 is 10.6 Å². The lowest BCUT2D eigenvalue weighted by Gasteiger charge is -2.10. The van der Waals surface area contributed by atoms with Crippen LogP contribution in [0.25, 0.3) is 11.3 Å². The maximum Gasteiger partial charge on any atom is 0.237 e. The second kappa shape index (κ2) is 7.03. The van der Waals surface area contributed by atoms with Crippen LogP contribution in [0.2, 0.25) is 0 Å². The Morgan fingerprint density at radius 3 is 2.95 bits per heavy atom. The van der Waals surface area contributed by atoms with Crippen LogP contribution in [0.15, 0.2) is 30.3 Å². The Morgan fingerprint density at radius 2 is 2.23 bits per heavy atom. The number of thiazole rings is 1. The molecule has 5 heteroatoms. The molecule has 1 saturated heterocycles. The van der Waals surface area contributed by atoms with Gasteiger partial charge in [0.1, 0.15) is 0 Å². The predicted molar refractivity (Wildman–Crippen MR) is 90.0 cm³/mol. The number of nitrogens with one attached hydrogen (secondary N) is 2. The molecule has 0 aliphatic carbocycles. The summed E-state index contributed by atoms with van der Waals surface area (Å²) >= 11 is 1.72. The molecule has 0 bridgehead atoms. The van der Waals surface area contributed by atoms with Gasteiger partial charge in [0, 0.05) is 23.4 Å². The summed E-state index contributed by atoms with van der Waals surface area (Å²) in [4.78, 5) is 17.9. The first-order valence-electron chi connectivity index (χ1n) is 7.77. The first-order valence-corrected chi connectivity index (χ1v) is 8.58. The first-order chi connectivity index (χ1) is 10.7. The highest BCUT2D eigenvalue weighted by Crippen LogP contribution is 2.27. The molecule has 1 aromatic heterocycles. The van der Waals surface area contributed by atoms with Crippen molar-refractivity contribution in [1.82, 2.24) is 15.6 Å². The summed E-state index contributed by atoms with van der Waals surface area (Å²) in [6, 6.07) is 10.2. The summed E-state index contributed by atoms with van der Waals surface area (Å²) in [6.07, 6.45) is 2.82. The quantitative estimate of drug-likeness (QED) is 0.891. The Balaban J connectivity index is 1.56. The van der Waals surface area contributed by atoms with Gasteiger partial charge in [0.05, 0.1) is 16.7 Å². The third-order valence-corrected chi connectivity index (χ3v) is 4.93. The normalized spacial score (nSPS) is 17.6. The van der Waals surface area contributed by atoms with Crippen molar-refractivity contribution >= 4 is 17.2 Å². The molecule has 0 spiro atoms. The van der Waals surface area contributed by atoms with Gasteiger partial charge in [-0.15, -0.1) is 11.3 Å². The van der Waals surface area contributed by atoms with Crippen LogP contribution >= 0.6 is 11.3 Å². The van der Waals surface area contributed by atoms with Crippen LogP contribution in [0, 0.1) is 6.92 Å². The largest absolute Gasteiger partial charge is 0.354 e. The molecule has 4 nitrogen and oxygen atoms in total. The molecule has 0 radical (unpaired) electrons. The average Bonchev–Trinajstić information content (AvgIpc) is 3.18. The summed E-state index contributed by atoms with van der Waals surface area (Å²) in [5.74, 6) is 0.120. The monoisotopic (exact) mass is 315 g/mol. The standard InChI is InChI=1S/C17H21N3OS/c1-12-16(13-6-3-2-4-7-13)20-15(22-12)9-11-19-17(21)14-8-5-10-18-14/h2-4,6-7,14,18H,5,8-11H2,1H3,(H,19,21)/t14-/m0/s1. The fourth-order valence-corrected chi connectivity index (χ4v) is 3.70. The van der Waals surface area contributed by atoms with E-state index >= 15 is 0 Å². The van der Waals surface area contributed by atoms with Crippen LogP contribution in [0.1, 0.15) is 22.7 Å². The maximum atomic E-state index is 11.9. The minimum atomic E-state index is -0.00193. The number of rotatable bonds is 5. The Kier molecular flexibility index (Phi) is 4.85. The van der Waals surface area contributed by atoms with Crippen molar-refractivity contribution in [1.29, 1.82) is 0 Å². The number of nitrogens with zero attached hydrogens (tertiary/aromatic N) is 1. The van der Waals surface area contributed by atoms with Crippen LogP contribution in [0.5, 0.6) is 0 Å². The Hall–Kier alpha value is -1.72. The van der Waals surface area contributed by atoms with Crippen LogP contribution in [0.4, 0.5) is 0 Å². The van der Waals surface area contributed by atoms with E-state index in [0.717, 1.165) is 42.1 Å². The third kappa shape index (κ3) is 3.54. The Bertz CT molecular complexity index is 633. The van der Waals surface area contributed by atoms with Gasteiger partial charge in [-0.3, -0.25) is 4.79 Å². The van der Waals surface area contributed by atoms with Gasteiger partial charge in [-0.25, -0.2) is 4.98 Å². The molecule has 1 amide bonds. The number of amides is 1. The van der Waals surface area contributed by atoms with Crippen molar-refractivity contribution in [2.24, 2.45) is 0 Å². The lowest BCUT2D eigenvalue weighted by molar-refractivity contribution is -0.122. The first kappa shape index (κ1) is 15.2. The van der Waals surface area contributed by atoms with Gasteiger partial charge in [-0.05, 0) is 26.3 Å². The fourth-order valence-electron chi connectivity index (χ4n) is 2.75. The van der Waals surface area contributed by atoms with E-state index in [1.54, 1.807) is 11.3 Å². The summed E-state index contributed by atoms with van der Waals surface area (Å²) in [6.45, 7) is 3.70. The van der Waals surface area contributed by atoms with Crippen molar-refractivity contribution in [3.05, 3.63) is 40.2 Å². The maximum absolute atomic E-state index is 11.9. The molecule has 1 aliphatic heterocycles. The number of carbonyl (C=O) groups excluding carboxylic acids is 1. The molecular weight excluding hydrogens is 294 g/mol. The molecule has 2 N–H and O–H groups in total. The predicted octanol–water partition coefficient (Wildman–Crippen LogP) is 2.53. The van der Waals surface area contributed by atoms with Crippen molar-refractivity contribution < 1.29 is 4.79 Å². The van der Waals surface area contributed by atoms with Gasteiger partial charge in [0.2, 0.25) is 5.91 Å². The van der Waals surface area contributed by atoms with Gasteiger partial charge in [-0.1, -0.05) is 30.3 Å². The van der Waals surface area contributed by atoms with E-state index in [2.05, 4.69) is 29.7 Å². The third-order valence-electron chi connectivity index (χ3n) is 3.90. The summed E-state index contributed by atoms with van der Waals surface area (Å²) in [5, 5.41) is 7.30. The molecule has 2 heterocycles. The van der Waals surface area contributed by atoms with E-state index in [4.69, 9.17) is 4.98 Å². The molecule has 2 aromatic rings. The SMILES string of the molecule is Cc1sc(CCNC(=O)[C@@H]2CCCN2)nc1-c1ccccc1. The molecule has 116 valence electrons.